The van der Waals surface area contributed by atoms with Crippen LogP contribution in [-0.2, 0) is 6.54 Å². The maximum Gasteiger partial charge on any atom is 0.261 e. The van der Waals surface area contributed by atoms with Gasteiger partial charge in [-0.15, -0.1) is 10.2 Å². The zero-order valence-corrected chi connectivity index (χ0v) is 18.7. The summed E-state index contributed by atoms with van der Waals surface area (Å²) in [5.74, 6) is 1.25. The number of piperidine rings is 1. The fourth-order valence-corrected chi connectivity index (χ4v) is 5.23. The summed E-state index contributed by atoms with van der Waals surface area (Å²) in [6.07, 6.45) is 5.41. The average Bonchev–Trinajstić information content (AvgIpc) is 3.46. The largest absolute Gasteiger partial charge is 0.302 e. The molecule has 0 amide bonds. The predicted octanol–water partition coefficient (Wildman–Crippen LogP) is 2.84. The maximum absolute atomic E-state index is 12.7. The van der Waals surface area contributed by atoms with Crippen LogP contribution >= 0.6 is 11.3 Å². The molecule has 5 aromatic rings. The molecule has 5 heterocycles. The van der Waals surface area contributed by atoms with E-state index in [9.17, 15) is 4.79 Å². The molecule has 4 aromatic heterocycles. The number of nitrogens with zero attached hydrogens (tertiary/aromatic N) is 8. The molecule has 10 heteroatoms. The van der Waals surface area contributed by atoms with Gasteiger partial charge in [0.1, 0.15) is 5.69 Å². The Labute approximate surface area is 193 Å². The quantitative estimate of drug-likeness (QED) is 0.400. The number of pyridine rings is 1. The molecule has 33 heavy (non-hydrogen) atoms. The van der Waals surface area contributed by atoms with Crippen molar-refractivity contribution in [2.75, 3.05) is 19.6 Å². The van der Waals surface area contributed by atoms with Crippen molar-refractivity contribution in [2.45, 2.75) is 25.3 Å². The van der Waals surface area contributed by atoms with Crippen LogP contribution in [-0.4, -0.2) is 58.9 Å². The van der Waals surface area contributed by atoms with Crippen LogP contribution in [0.5, 0.6) is 0 Å². The molecule has 0 aliphatic carbocycles. The highest BCUT2D eigenvalue weighted by Gasteiger charge is 2.26. The highest BCUT2D eigenvalue weighted by atomic mass is 32.1. The lowest BCUT2D eigenvalue weighted by atomic mass is 9.96. The third-order valence-electron chi connectivity index (χ3n) is 6.24. The van der Waals surface area contributed by atoms with Gasteiger partial charge in [0.05, 0.1) is 17.2 Å². The number of rotatable bonds is 5. The molecule has 0 radical (unpaired) electrons. The number of hydrogen-bond donors (Lipinski definition) is 0. The van der Waals surface area contributed by atoms with Gasteiger partial charge in [0.2, 0.25) is 4.96 Å². The summed E-state index contributed by atoms with van der Waals surface area (Å²) in [5.41, 5.74) is 1.62. The Kier molecular flexibility index (Phi) is 5.16. The van der Waals surface area contributed by atoms with Gasteiger partial charge in [-0.2, -0.15) is 9.61 Å². The Morgan fingerprint density at radius 3 is 2.67 bits per heavy atom. The van der Waals surface area contributed by atoms with Crippen molar-refractivity contribution in [1.29, 1.82) is 0 Å². The topological polar surface area (TPSA) is 94.1 Å². The minimum Gasteiger partial charge on any atom is -0.302 e. The molecule has 166 valence electrons. The summed E-state index contributed by atoms with van der Waals surface area (Å²) in [5, 5.41) is 15.1. The first kappa shape index (κ1) is 20.1. The van der Waals surface area contributed by atoms with Gasteiger partial charge in [0, 0.05) is 25.2 Å². The second kappa shape index (κ2) is 8.45. The van der Waals surface area contributed by atoms with Crippen LogP contribution in [0.3, 0.4) is 0 Å². The van der Waals surface area contributed by atoms with E-state index in [1.165, 1.54) is 11.3 Å². The second-order valence-electron chi connectivity index (χ2n) is 8.25. The van der Waals surface area contributed by atoms with Crippen molar-refractivity contribution in [1.82, 2.24) is 39.2 Å². The third-order valence-corrected chi connectivity index (χ3v) is 7.16. The lowest BCUT2D eigenvalue weighted by Gasteiger charge is -2.30. The van der Waals surface area contributed by atoms with E-state index in [0.29, 0.717) is 17.8 Å². The van der Waals surface area contributed by atoms with Crippen LogP contribution in [0, 0.1) is 0 Å². The minimum absolute atomic E-state index is 0.0218. The number of aromatic nitrogens is 7. The molecule has 0 N–H and O–H groups in total. The fraction of sp³-hybridized carbons (Fsp3) is 0.304. The summed E-state index contributed by atoms with van der Waals surface area (Å²) in [6.45, 7) is 3.36. The Bertz CT molecular complexity index is 1470. The van der Waals surface area contributed by atoms with E-state index in [-0.39, 0.29) is 5.56 Å². The van der Waals surface area contributed by atoms with E-state index >= 15 is 0 Å². The molecule has 1 saturated heterocycles. The molecule has 0 atom stereocenters. The Hall–Kier alpha value is -3.50. The van der Waals surface area contributed by atoms with Crippen molar-refractivity contribution < 1.29 is 0 Å². The summed E-state index contributed by atoms with van der Waals surface area (Å²) in [4.78, 5) is 24.7. The Morgan fingerprint density at radius 1 is 0.970 bits per heavy atom. The van der Waals surface area contributed by atoms with Crippen molar-refractivity contribution in [2.24, 2.45) is 0 Å². The zero-order chi connectivity index (χ0) is 22.2. The summed E-state index contributed by atoms with van der Waals surface area (Å²) < 4.78 is 3.60. The second-order valence-corrected chi connectivity index (χ2v) is 9.21. The Morgan fingerprint density at radius 2 is 1.82 bits per heavy atom. The van der Waals surface area contributed by atoms with E-state index in [4.69, 9.17) is 5.10 Å². The molecule has 0 unspecified atom stereocenters. The molecule has 1 aliphatic heterocycles. The van der Waals surface area contributed by atoms with Gasteiger partial charge in [-0.1, -0.05) is 29.5 Å². The van der Waals surface area contributed by atoms with Crippen LogP contribution < -0.4 is 5.56 Å². The first-order valence-electron chi connectivity index (χ1n) is 11.1. The molecule has 0 bridgehead atoms. The van der Waals surface area contributed by atoms with E-state index in [0.717, 1.165) is 59.5 Å². The number of benzene rings is 1. The van der Waals surface area contributed by atoms with Crippen LogP contribution in [0.15, 0.2) is 59.8 Å². The summed E-state index contributed by atoms with van der Waals surface area (Å²) >= 11 is 1.51. The highest BCUT2D eigenvalue weighted by molar-refractivity contribution is 7.19. The molecule has 1 aliphatic rings. The van der Waals surface area contributed by atoms with Crippen LogP contribution in [0.1, 0.15) is 24.6 Å². The predicted molar refractivity (Wildman–Crippen MR) is 126 cm³/mol. The van der Waals surface area contributed by atoms with Gasteiger partial charge < -0.3 is 4.90 Å². The lowest BCUT2D eigenvalue weighted by molar-refractivity contribution is 0.201. The molecular formula is C23H22N8OS. The van der Waals surface area contributed by atoms with Gasteiger partial charge in [-0.05, 0) is 50.2 Å². The number of fused-ring (bicyclic) bond motifs is 2. The molecule has 1 fully saturated rings. The lowest BCUT2D eigenvalue weighted by Crippen LogP contribution is -2.37. The van der Waals surface area contributed by atoms with Crippen molar-refractivity contribution in [3.63, 3.8) is 0 Å². The molecule has 1 aromatic carbocycles. The first-order chi connectivity index (χ1) is 16.3. The maximum atomic E-state index is 12.7. The highest BCUT2D eigenvalue weighted by Crippen LogP contribution is 2.30. The average molecular weight is 459 g/mol. The summed E-state index contributed by atoms with van der Waals surface area (Å²) in [7, 11) is 0. The molecule has 0 saturated carbocycles. The van der Waals surface area contributed by atoms with Gasteiger partial charge in [0.15, 0.2) is 10.8 Å². The monoisotopic (exact) mass is 458 g/mol. The van der Waals surface area contributed by atoms with Crippen molar-refractivity contribution in [3.8, 4) is 10.7 Å². The van der Waals surface area contributed by atoms with E-state index in [2.05, 4.69) is 25.1 Å². The standard InChI is InChI=1S/C23H22N8OS/c32-22-17-5-1-2-6-18(17)25-15-30(22)14-13-29-11-8-16(9-12-29)20-26-27-23-31(20)28-21(33-23)19-7-3-4-10-24-19/h1-7,10,15-16H,8-9,11-14H2. The molecule has 6 rings (SSSR count). The number of hydrogen-bond acceptors (Lipinski definition) is 8. The van der Waals surface area contributed by atoms with Crippen LogP contribution in [0.2, 0.25) is 0 Å². The van der Waals surface area contributed by atoms with E-state index in [1.807, 2.05) is 47.0 Å². The van der Waals surface area contributed by atoms with Gasteiger partial charge in [-0.3, -0.25) is 14.3 Å². The molecule has 9 nitrogen and oxygen atoms in total. The SMILES string of the molecule is O=c1c2ccccc2ncn1CCN1CCC(c2nnc3sc(-c4ccccn4)nn23)CC1. The van der Waals surface area contributed by atoms with Gasteiger partial charge in [-0.25, -0.2) is 4.98 Å². The van der Waals surface area contributed by atoms with Crippen molar-refractivity contribution >= 4 is 27.2 Å². The molecule has 0 spiro atoms. The Balaban J connectivity index is 1.12. The van der Waals surface area contributed by atoms with Gasteiger partial charge in [0.25, 0.3) is 5.56 Å². The third kappa shape index (κ3) is 3.81. The minimum atomic E-state index is 0.0218. The van der Waals surface area contributed by atoms with Gasteiger partial charge >= 0.3 is 0 Å². The number of para-hydroxylation sites is 1. The van der Waals surface area contributed by atoms with Crippen molar-refractivity contribution in [3.05, 3.63) is 71.2 Å². The smallest absolute Gasteiger partial charge is 0.261 e. The zero-order valence-electron chi connectivity index (χ0n) is 17.9. The molecular weight excluding hydrogens is 436 g/mol. The first-order valence-corrected chi connectivity index (χ1v) is 11.9. The normalized spacial score (nSPS) is 15.5. The fourth-order valence-electron chi connectivity index (χ4n) is 4.41. The summed E-state index contributed by atoms with van der Waals surface area (Å²) in [6, 6.07) is 13.3. The number of likely N-dealkylation sites (tertiary alicyclic amines) is 1. The van der Waals surface area contributed by atoms with E-state index in [1.54, 1.807) is 17.1 Å². The van der Waals surface area contributed by atoms with Crippen LogP contribution in [0.25, 0.3) is 26.6 Å². The van der Waals surface area contributed by atoms with Crippen LogP contribution in [0.4, 0.5) is 0 Å². The van der Waals surface area contributed by atoms with E-state index < -0.39 is 0 Å².